The summed E-state index contributed by atoms with van der Waals surface area (Å²) >= 11 is 0. The molecular weight excluding hydrogens is 197 g/mol. The Kier molecular flexibility index (Phi) is 2.24. The van der Waals surface area contributed by atoms with Crippen molar-refractivity contribution in [1.82, 2.24) is 14.8 Å². The Balaban J connectivity index is 2.48. The first kappa shape index (κ1) is 9.45. The molecule has 78 valence electrons. The summed E-state index contributed by atoms with van der Waals surface area (Å²) in [6.45, 7) is 0. The van der Waals surface area contributed by atoms with Crippen LogP contribution in [0, 0.1) is 5.82 Å². The summed E-state index contributed by atoms with van der Waals surface area (Å²) in [6.07, 6.45) is 0. The van der Waals surface area contributed by atoms with Crippen molar-refractivity contribution in [1.29, 1.82) is 0 Å². The summed E-state index contributed by atoms with van der Waals surface area (Å²) in [4.78, 5) is 3.93. The van der Waals surface area contributed by atoms with E-state index in [4.69, 9.17) is 5.73 Å². The van der Waals surface area contributed by atoms with Crippen LogP contribution in [0.25, 0.3) is 5.69 Å². The molecule has 0 saturated heterocycles. The van der Waals surface area contributed by atoms with E-state index in [2.05, 4.69) is 15.4 Å². The molecule has 3 N–H and O–H groups in total. The van der Waals surface area contributed by atoms with Crippen LogP contribution in [-0.4, -0.2) is 21.8 Å². The molecule has 0 aliphatic carbocycles. The first-order valence-corrected chi connectivity index (χ1v) is 4.37. The van der Waals surface area contributed by atoms with Crippen LogP contribution in [0.2, 0.25) is 0 Å². The summed E-state index contributed by atoms with van der Waals surface area (Å²) in [5.41, 5.74) is 6.17. The van der Waals surface area contributed by atoms with Crippen LogP contribution in [0.5, 0.6) is 0 Å². The van der Waals surface area contributed by atoms with Crippen LogP contribution in [0.3, 0.4) is 0 Å². The highest BCUT2D eigenvalue weighted by molar-refractivity contribution is 5.41. The van der Waals surface area contributed by atoms with Crippen LogP contribution in [0.1, 0.15) is 0 Å². The molecular formula is C9H10FN5. The third-order valence-electron chi connectivity index (χ3n) is 1.91. The van der Waals surface area contributed by atoms with E-state index in [1.807, 2.05) is 0 Å². The third kappa shape index (κ3) is 1.74. The highest BCUT2D eigenvalue weighted by atomic mass is 19.1. The molecule has 2 aromatic rings. The average Bonchev–Trinajstić information content (AvgIpc) is 2.60. The molecule has 0 bridgehead atoms. The Labute approximate surface area is 85.7 Å². The van der Waals surface area contributed by atoms with Gasteiger partial charge in [0.25, 0.3) is 0 Å². The zero-order chi connectivity index (χ0) is 10.8. The van der Waals surface area contributed by atoms with Gasteiger partial charge in [0.2, 0.25) is 11.9 Å². The molecule has 0 spiro atoms. The van der Waals surface area contributed by atoms with Crippen LogP contribution in [-0.2, 0) is 0 Å². The number of hydrogen-bond acceptors (Lipinski definition) is 4. The lowest BCUT2D eigenvalue weighted by molar-refractivity contribution is 0.625. The standard InChI is InChI=1S/C9H10FN5/c1-12-9-13-8(11)15(14-9)7-4-2-3-6(10)5-7/h2-5H,1H3,(H3,11,12,13,14). The molecule has 0 radical (unpaired) electrons. The first-order valence-electron chi connectivity index (χ1n) is 4.37. The number of benzene rings is 1. The maximum absolute atomic E-state index is 13.0. The van der Waals surface area contributed by atoms with Gasteiger partial charge in [0.15, 0.2) is 0 Å². The quantitative estimate of drug-likeness (QED) is 0.771. The smallest absolute Gasteiger partial charge is 0.244 e. The van der Waals surface area contributed by atoms with Crippen LogP contribution >= 0.6 is 0 Å². The van der Waals surface area contributed by atoms with Crippen molar-refractivity contribution in [2.45, 2.75) is 0 Å². The van der Waals surface area contributed by atoms with E-state index >= 15 is 0 Å². The van der Waals surface area contributed by atoms with Crippen molar-refractivity contribution in [3.8, 4) is 5.69 Å². The van der Waals surface area contributed by atoms with Gasteiger partial charge in [0.1, 0.15) is 5.82 Å². The topological polar surface area (TPSA) is 68.8 Å². The number of anilines is 2. The number of hydrogen-bond donors (Lipinski definition) is 2. The number of nitrogens with zero attached hydrogens (tertiary/aromatic N) is 3. The molecule has 0 saturated carbocycles. The Bertz CT molecular complexity index is 479. The van der Waals surface area contributed by atoms with Gasteiger partial charge in [-0.05, 0) is 18.2 Å². The van der Waals surface area contributed by atoms with Crippen molar-refractivity contribution in [2.24, 2.45) is 0 Å². The van der Waals surface area contributed by atoms with Crippen LogP contribution in [0.4, 0.5) is 16.3 Å². The van der Waals surface area contributed by atoms with Gasteiger partial charge in [-0.2, -0.15) is 9.67 Å². The van der Waals surface area contributed by atoms with E-state index in [1.165, 1.54) is 16.8 Å². The van der Waals surface area contributed by atoms with Gasteiger partial charge in [-0.1, -0.05) is 6.07 Å². The Morgan fingerprint density at radius 2 is 2.27 bits per heavy atom. The van der Waals surface area contributed by atoms with Gasteiger partial charge >= 0.3 is 0 Å². The largest absolute Gasteiger partial charge is 0.368 e. The minimum Gasteiger partial charge on any atom is -0.368 e. The van der Waals surface area contributed by atoms with Gasteiger partial charge in [0, 0.05) is 7.05 Å². The molecule has 0 amide bonds. The molecule has 15 heavy (non-hydrogen) atoms. The van der Waals surface area contributed by atoms with Gasteiger partial charge in [-0.25, -0.2) is 4.39 Å². The number of aromatic nitrogens is 3. The van der Waals surface area contributed by atoms with Crippen LogP contribution in [0.15, 0.2) is 24.3 Å². The van der Waals surface area contributed by atoms with Crippen molar-refractivity contribution in [3.05, 3.63) is 30.1 Å². The molecule has 0 aliphatic rings. The Hall–Kier alpha value is -2.11. The lowest BCUT2D eigenvalue weighted by atomic mass is 10.3. The van der Waals surface area contributed by atoms with Crippen molar-refractivity contribution >= 4 is 11.9 Å². The van der Waals surface area contributed by atoms with Gasteiger partial charge in [0.05, 0.1) is 5.69 Å². The molecule has 0 aliphatic heterocycles. The second-order valence-corrected chi connectivity index (χ2v) is 2.94. The molecule has 1 aromatic carbocycles. The molecule has 1 heterocycles. The molecule has 6 heteroatoms. The Morgan fingerprint density at radius 1 is 1.47 bits per heavy atom. The predicted molar refractivity (Wildman–Crippen MR) is 55.3 cm³/mol. The fourth-order valence-electron chi connectivity index (χ4n) is 1.23. The second kappa shape index (κ2) is 3.56. The summed E-state index contributed by atoms with van der Waals surface area (Å²) in [5.74, 6) is 0.273. The normalized spacial score (nSPS) is 10.3. The van der Waals surface area contributed by atoms with E-state index in [-0.39, 0.29) is 11.8 Å². The predicted octanol–water partition coefficient (Wildman–Crippen LogP) is 1.03. The summed E-state index contributed by atoms with van der Waals surface area (Å²) in [5, 5.41) is 6.80. The van der Waals surface area contributed by atoms with Crippen molar-refractivity contribution in [3.63, 3.8) is 0 Å². The zero-order valence-corrected chi connectivity index (χ0v) is 8.11. The molecule has 0 unspecified atom stereocenters. The fraction of sp³-hybridized carbons (Fsp3) is 0.111. The summed E-state index contributed by atoms with van der Waals surface area (Å²) in [6, 6.07) is 5.98. The highest BCUT2D eigenvalue weighted by Crippen LogP contribution is 2.14. The van der Waals surface area contributed by atoms with E-state index in [0.717, 1.165) is 0 Å². The third-order valence-corrected chi connectivity index (χ3v) is 1.91. The highest BCUT2D eigenvalue weighted by Gasteiger charge is 2.07. The van der Waals surface area contributed by atoms with Gasteiger partial charge < -0.3 is 11.1 Å². The second-order valence-electron chi connectivity index (χ2n) is 2.94. The van der Waals surface area contributed by atoms with Gasteiger partial charge in [-0.15, -0.1) is 5.10 Å². The minimum atomic E-state index is -0.339. The van der Waals surface area contributed by atoms with Crippen molar-refractivity contribution < 1.29 is 4.39 Å². The fourth-order valence-corrected chi connectivity index (χ4v) is 1.23. The lowest BCUT2D eigenvalue weighted by Crippen LogP contribution is -2.02. The lowest BCUT2D eigenvalue weighted by Gasteiger charge is -2.01. The molecule has 0 fully saturated rings. The number of nitrogens with two attached hydrogens (primary N) is 1. The molecule has 1 aromatic heterocycles. The summed E-state index contributed by atoms with van der Waals surface area (Å²) < 4.78 is 14.3. The number of halogens is 1. The first-order chi connectivity index (χ1) is 7.20. The molecule has 0 atom stereocenters. The minimum absolute atomic E-state index is 0.213. The van der Waals surface area contributed by atoms with Crippen molar-refractivity contribution in [2.75, 3.05) is 18.1 Å². The number of nitrogen functional groups attached to an aromatic ring is 1. The number of nitrogens with one attached hydrogen (secondary N) is 1. The maximum Gasteiger partial charge on any atom is 0.244 e. The average molecular weight is 207 g/mol. The molecule has 5 nitrogen and oxygen atoms in total. The molecule has 2 rings (SSSR count). The number of rotatable bonds is 2. The zero-order valence-electron chi connectivity index (χ0n) is 8.11. The van der Waals surface area contributed by atoms with E-state index in [9.17, 15) is 4.39 Å². The van der Waals surface area contributed by atoms with E-state index in [0.29, 0.717) is 11.6 Å². The van der Waals surface area contributed by atoms with E-state index < -0.39 is 0 Å². The van der Waals surface area contributed by atoms with E-state index in [1.54, 1.807) is 19.2 Å². The van der Waals surface area contributed by atoms with Crippen LogP contribution < -0.4 is 11.1 Å². The summed E-state index contributed by atoms with van der Waals surface area (Å²) in [7, 11) is 1.69. The van der Waals surface area contributed by atoms with Gasteiger partial charge in [-0.3, -0.25) is 0 Å². The maximum atomic E-state index is 13.0. The SMILES string of the molecule is CNc1nc(N)n(-c2cccc(F)c2)n1. The Morgan fingerprint density at radius 3 is 2.87 bits per heavy atom. The monoisotopic (exact) mass is 207 g/mol.